The summed E-state index contributed by atoms with van der Waals surface area (Å²) in [6.45, 7) is 2.65. The highest BCUT2D eigenvalue weighted by molar-refractivity contribution is 7.73. The molecule has 5 nitrogen and oxygen atoms in total. The van der Waals surface area contributed by atoms with Crippen molar-refractivity contribution >= 4 is 16.6 Å². The summed E-state index contributed by atoms with van der Waals surface area (Å²) >= 11 is 0. The molecule has 0 spiro atoms. The van der Waals surface area contributed by atoms with E-state index in [4.69, 9.17) is 4.74 Å². The van der Waals surface area contributed by atoms with Gasteiger partial charge in [0, 0.05) is 17.8 Å². The van der Waals surface area contributed by atoms with Crippen molar-refractivity contribution in [1.29, 1.82) is 0 Å². The Bertz CT molecular complexity index is 719. The Kier molecular flexibility index (Phi) is 5.41. The molecule has 118 valence electrons. The van der Waals surface area contributed by atoms with Gasteiger partial charge in [-0.05, 0) is 56.9 Å². The number of thiol groups is 1. The van der Waals surface area contributed by atoms with Crippen LogP contribution in [0.4, 0.5) is 5.69 Å². The van der Waals surface area contributed by atoms with Crippen molar-refractivity contribution in [2.75, 3.05) is 18.8 Å². The summed E-state index contributed by atoms with van der Waals surface area (Å²) in [4.78, 5) is 2.00. The second kappa shape index (κ2) is 7.29. The number of ether oxygens (including phenoxy) is 1. The van der Waals surface area contributed by atoms with Gasteiger partial charge in [0.05, 0.1) is 0 Å². The van der Waals surface area contributed by atoms with Crippen molar-refractivity contribution in [3.63, 3.8) is 0 Å². The lowest BCUT2D eigenvalue weighted by Crippen LogP contribution is -2.12. The molecule has 0 heterocycles. The number of aryl methyl sites for hydroxylation is 1. The Labute approximate surface area is 132 Å². The summed E-state index contributed by atoms with van der Waals surface area (Å²) in [6, 6.07) is 13.1. The van der Waals surface area contributed by atoms with Gasteiger partial charge in [0.15, 0.2) is 0 Å². The van der Waals surface area contributed by atoms with Crippen LogP contribution in [0.3, 0.4) is 0 Å². The van der Waals surface area contributed by atoms with Gasteiger partial charge in [-0.25, -0.2) is 8.42 Å². The Morgan fingerprint density at radius 2 is 1.91 bits per heavy atom. The first-order chi connectivity index (χ1) is 10.4. The third-order valence-electron chi connectivity index (χ3n) is 2.98. The predicted molar refractivity (Wildman–Crippen MR) is 89.0 cm³/mol. The van der Waals surface area contributed by atoms with Crippen molar-refractivity contribution in [2.45, 2.75) is 13.5 Å². The molecule has 2 aromatic carbocycles. The topological polar surface area (TPSA) is 58.6 Å². The van der Waals surface area contributed by atoms with Crippen molar-refractivity contribution in [3.05, 3.63) is 53.6 Å². The highest BCUT2D eigenvalue weighted by atomic mass is 32.2. The highest BCUT2D eigenvalue weighted by Gasteiger charge is 2.08. The van der Waals surface area contributed by atoms with Crippen molar-refractivity contribution in [3.8, 4) is 11.5 Å². The minimum atomic E-state index is -2.68. The number of nitrogens with zero attached hydrogens (tertiary/aromatic N) is 1. The SMILES string of the molecule is Cc1cccc(Oc2ccc(N[SH](=O)=O)cc2CN(C)C)c1. The molecule has 0 atom stereocenters. The van der Waals surface area contributed by atoms with Crippen LogP contribution >= 0.6 is 0 Å². The number of hydrogen-bond donors (Lipinski definition) is 2. The molecule has 0 aromatic heterocycles. The van der Waals surface area contributed by atoms with Crippen LogP contribution in [-0.2, 0) is 17.4 Å². The average molecular weight is 320 g/mol. The van der Waals surface area contributed by atoms with E-state index in [2.05, 4.69) is 4.72 Å². The summed E-state index contributed by atoms with van der Waals surface area (Å²) in [7, 11) is 1.22. The molecular formula is C16H20N2O3S. The van der Waals surface area contributed by atoms with Gasteiger partial charge in [-0.2, -0.15) is 0 Å². The van der Waals surface area contributed by atoms with Gasteiger partial charge in [0.1, 0.15) is 11.5 Å². The van der Waals surface area contributed by atoms with E-state index in [0.717, 1.165) is 16.9 Å². The van der Waals surface area contributed by atoms with Crippen LogP contribution in [0, 0.1) is 6.92 Å². The van der Waals surface area contributed by atoms with E-state index in [1.54, 1.807) is 18.2 Å². The zero-order chi connectivity index (χ0) is 16.1. The number of hydrogen-bond acceptors (Lipinski definition) is 4. The van der Waals surface area contributed by atoms with E-state index in [-0.39, 0.29) is 0 Å². The summed E-state index contributed by atoms with van der Waals surface area (Å²) in [5.74, 6) is 1.47. The maximum absolute atomic E-state index is 10.8. The zero-order valence-electron chi connectivity index (χ0n) is 12.9. The molecule has 1 N–H and O–H groups in total. The fourth-order valence-corrected chi connectivity index (χ4v) is 2.47. The molecule has 6 heteroatoms. The van der Waals surface area contributed by atoms with Crippen molar-refractivity contribution < 1.29 is 13.2 Å². The van der Waals surface area contributed by atoms with E-state index in [1.165, 1.54) is 0 Å². The monoisotopic (exact) mass is 320 g/mol. The molecule has 0 bridgehead atoms. The smallest absolute Gasteiger partial charge is 0.222 e. The summed E-state index contributed by atoms with van der Waals surface area (Å²) < 4.78 is 29.9. The van der Waals surface area contributed by atoms with Crippen LogP contribution in [0.25, 0.3) is 0 Å². The Hall–Kier alpha value is -2.05. The molecule has 0 fully saturated rings. The fourth-order valence-electron chi connectivity index (χ4n) is 2.12. The molecule has 0 saturated heterocycles. The lowest BCUT2D eigenvalue weighted by molar-refractivity contribution is 0.388. The zero-order valence-corrected chi connectivity index (χ0v) is 13.8. The van der Waals surface area contributed by atoms with Crippen LogP contribution in [0.2, 0.25) is 0 Å². The van der Waals surface area contributed by atoms with Crippen LogP contribution < -0.4 is 9.46 Å². The molecule has 0 saturated carbocycles. The molecule has 0 aliphatic heterocycles. The minimum Gasteiger partial charge on any atom is -0.457 e. The van der Waals surface area contributed by atoms with Crippen LogP contribution in [-0.4, -0.2) is 27.4 Å². The predicted octanol–water partition coefficient (Wildman–Crippen LogP) is 2.79. The van der Waals surface area contributed by atoms with Crippen LogP contribution in [0.5, 0.6) is 11.5 Å². The van der Waals surface area contributed by atoms with Gasteiger partial charge in [-0.15, -0.1) is 0 Å². The molecule has 2 rings (SSSR count). The number of rotatable bonds is 6. The van der Waals surface area contributed by atoms with Gasteiger partial charge in [0.2, 0.25) is 10.9 Å². The molecule has 2 aromatic rings. The van der Waals surface area contributed by atoms with E-state index >= 15 is 0 Å². The molecule has 0 radical (unpaired) electrons. The maximum atomic E-state index is 10.8. The molecule has 0 aliphatic carbocycles. The summed E-state index contributed by atoms with van der Waals surface area (Å²) in [5, 5.41) is 0. The first kappa shape index (κ1) is 16.3. The fraction of sp³-hybridized carbons (Fsp3) is 0.250. The van der Waals surface area contributed by atoms with Crippen molar-refractivity contribution in [2.24, 2.45) is 0 Å². The molecular weight excluding hydrogens is 300 g/mol. The lowest BCUT2D eigenvalue weighted by Gasteiger charge is -2.16. The summed E-state index contributed by atoms with van der Waals surface area (Å²) in [6.07, 6.45) is 0. The number of anilines is 1. The third kappa shape index (κ3) is 4.75. The van der Waals surface area contributed by atoms with E-state index < -0.39 is 10.9 Å². The Morgan fingerprint density at radius 1 is 1.14 bits per heavy atom. The average Bonchev–Trinajstić information content (AvgIpc) is 2.40. The van der Waals surface area contributed by atoms with Crippen LogP contribution in [0.15, 0.2) is 42.5 Å². The Morgan fingerprint density at radius 3 is 2.55 bits per heavy atom. The lowest BCUT2D eigenvalue weighted by atomic mass is 10.1. The van der Waals surface area contributed by atoms with Crippen LogP contribution in [0.1, 0.15) is 11.1 Å². The molecule has 0 aliphatic rings. The van der Waals surface area contributed by atoms with Gasteiger partial charge in [0.25, 0.3) is 0 Å². The van der Waals surface area contributed by atoms with Gasteiger partial charge in [-0.1, -0.05) is 12.1 Å². The Balaban J connectivity index is 2.32. The summed E-state index contributed by atoms with van der Waals surface area (Å²) in [5.41, 5.74) is 2.56. The second-order valence-corrected chi connectivity index (χ2v) is 6.09. The third-order valence-corrected chi connectivity index (χ3v) is 3.43. The van der Waals surface area contributed by atoms with E-state index in [1.807, 2.05) is 50.2 Å². The van der Waals surface area contributed by atoms with Gasteiger partial charge in [-0.3, -0.25) is 4.72 Å². The van der Waals surface area contributed by atoms with Gasteiger partial charge >= 0.3 is 0 Å². The first-order valence-electron chi connectivity index (χ1n) is 6.87. The highest BCUT2D eigenvalue weighted by Crippen LogP contribution is 2.29. The minimum absolute atomic E-state index is 0.532. The first-order valence-corrected chi connectivity index (χ1v) is 8.05. The normalized spacial score (nSPS) is 11.0. The molecule has 0 amide bonds. The van der Waals surface area contributed by atoms with E-state index in [0.29, 0.717) is 18.0 Å². The molecule has 0 unspecified atom stereocenters. The van der Waals surface area contributed by atoms with E-state index in [9.17, 15) is 8.42 Å². The second-order valence-electron chi connectivity index (χ2n) is 5.35. The van der Waals surface area contributed by atoms with Gasteiger partial charge < -0.3 is 9.64 Å². The largest absolute Gasteiger partial charge is 0.457 e. The number of nitrogens with one attached hydrogen (secondary N) is 1. The number of benzene rings is 2. The maximum Gasteiger partial charge on any atom is 0.222 e. The van der Waals surface area contributed by atoms with Crippen molar-refractivity contribution in [1.82, 2.24) is 4.90 Å². The quantitative estimate of drug-likeness (QED) is 0.804. The molecule has 22 heavy (non-hydrogen) atoms. The standard InChI is InChI=1S/C16H20N2O3S/c1-12-5-4-6-15(9-12)21-16-8-7-14(17-22(19)20)10-13(16)11-18(2)3/h4-10,22H,11H2,1-3H3,(H,17,19,20).